The fourth-order valence-electron chi connectivity index (χ4n) is 2.46. The van der Waals surface area contributed by atoms with Crippen molar-refractivity contribution in [1.82, 2.24) is 20.6 Å². The summed E-state index contributed by atoms with van der Waals surface area (Å²) in [5, 5.41) is 5.51. The average Bonchev–Trinajstić information content (AvgIpc) is 2.47. The molecule has 1 aromatic heterocycles. The van der Waals surface area contributed by atoms with Crippen LogP contribution in [0, 0.1) is 5.92 Å². The predicted molar refractivity (Wildman–Crippen MR) is 83.7 cm³/mol. The Labute approximate surface area is 132 Å². The summed E-state index contributed by atoms with van der Waals surface area (Å²) in [5.41, 5.74) is -0.276. The van der Waals surface area contributed by atoms with Gasteiger partial charge in [-0.1, -0.05) is 31.5 Å². The SMILES string of the molecule is C[C@@H]1CCCC[C@H]1NC(=O)NC(=O)CSc1nccc(=O)[nH]1. The van der Waals surface area contributed by atoms with Gasteiger partial charge < -0.3 is 10.3 Å². The zero-order chi connectivity index (χ0) is 15.9. The molecule has 1 heterocycles. The van der Waals surface area contributed by atoms with Gasteiger partial charge >= 0.3 is 6.03 Å². The minimum Gasteiger partial charge on any atom is -0.335 e. The van der Waals surface area contributed by atoms with Crippen LogP contribution in [0.5, 0.6) is 0 Å². The van der Waals surface area contributed by atoms with E-state index in [1.165, 1.54) is 18.7 Å². The number of imide groups is 1. The third-order valence-electron chi connectivity index (χ3n) is 3.67. The molecule has 0 saturated heterocycles. The van der Waals surface area contributed by atoms with Gasteiger partial charge in [-0.3, -0.25) is 14.9 Å². The first kappa shape index (κ1) is 16.5. The van der Waals surface area contributed by atoms with Crippen LogP contribution in [0.2, 0.25) is 0 Å². The molecule has 0 aliphatic heterocycles. The van der Waals surface area contributed by atoms with Crippen LogP contribution >= 0.6 is 11.8 Å². The lowest BCUT2D eigenvalue weighted by molar-refractivity contribution is -0.117. The molecule has 1 saturated carbocycles. The third kappa shape index (κ3) is 5.18. The van der Waals surface area contributed by atoms with Crippen LogP contribution in [-0.2, 0) is 4.79 Å². The number of amides is 3. The number of thioether (sulfide) groups is 1. The molecule has 3 N–H and O–H groups in total. The van der Waals surface area contributed by atoms with Crippen molar-refractivity contribution in [3.05, 3.63) is 22.6 Å². The first-order chi connectivity index (χ1) is 10.5. The van der Waals surface area contributed by atoms with Crippen molar-refractivity contribution in [3.63, 3.8) is 0 Å². The highest BCUT2D eigenvalue weighted by Gasteiger charge is 2.23. The fraction of sp³-hybridized carbons (Fsp3) is 0.571. The molecule has 2 atom stereocenters. The number of H-pyrrole nitrogens is 1. The number of carbonyl (C=O) groups excluding carboxylic acids is 2. The average molecular weight is 324 g/mol. The Bertz CT molecular complexity index is 589. The zero-order valence-corrected chi connectivity index (χ0v) is 13.2. The van der Waals surface area contributed by atoms with Crippen molar-refractivity contribution >= 4 is 23.7 Å². The molecular weight excluding hydrogens is 304 g/mol. The van der Waals surface area contributed by atoms with Gasteiger partial charge in [-0.15, -0.1) is 0 Å². The van der Waals surface area contributed by atoms with Gasteiger partial charge in [-0.05, 0) is 18.8 Å². The zero-order valence-electron chi connectivity index (χ0n) is 12.4. The van der Waals surface area contributed by atoms with Gasteiger partial charge in [-0.2, -0.15) is 0 Å². The maximum atomic E-state index is 11.8. The van der Waals surface area contributed by atoms with Gasteiger partial charge in [0, 0.05) is 18.3 Å². The quantitative estimate of drug-likeness (QED) is 0.571. The molecule has 22 heavy (non-hydrogen) atoms. The Hall–Kier alpha value is -1.83. The third-order valence-corrected chi connectivity index (χ3v) is 4.56. The van der Waals surface area contributed by atoms with Crippen LogP contribution in [0.1, 0.15) is 32.6 Å². The molecule has 8 heteroatoms. The summed E-state index contributed by atoms with van der Waals surface area (Å²) in [6, 6.07) is 0.961. The van der Waals surface area contributed by atoms with Crippen LogP contribution in [-0.4, -0.2) is 33.7 Å². The summed E-state index contributed by atoms with van der Waals surface area (Å²) in [6.45, 7) is 2.11. The summed E-state index contributed by atoms with van der Waals surface area (Å²) < 4.78 is 0. The molecule has 1 aliphatic rings. The lowest BCUT2D eigenvalue weighted by Gasteiger charge is -2.29. The van der Waals surface area contributed by atoms with E-state index in [9.17, 15) is 14.4 Å². The van der Waals surface area contributed by atoms with Crippen LogP contribution < -0.4 is 16.2 Å². The Balaban J connectivity index is 1.74. The first-order valence-corrected chi connectivity index (χ1v) is 8.31. The van der Waals surface area contributed by atoms with E-state index in [1.807, 2.05) is 0 Å². The number of nitrogens with one attached hydrogen (secondary N) is 3. The van der Waals surface area contributed by atoms with Crippen LogP contribution in [0.4, 0.5) is 4.79 Å². The minimum atomic E-state index is -0.459. The van der Waals surface area contributed by atoms with E-state index in [2.05, 4.69) is 27.5 Å². The lowest BCUT2D eigenvalue weighted by Crippen LogP contribution is -2.48. The molecule has 3 amide bonds. The van der Waals surface area contributed by atoms with Gasteiger partial charge in [0.2, 0.25) is 5.91 Å². The van der Waals surface area contributed by atoms with Crippen molar-refractivity contribution in [2.75, 3.05) is 5.75 Å². The maximum Gasteiger partial charge on any atom is 0.321 e. The van der Waals surface area contributed by atoms with Gasteiger partial charge in [0.25, 0.3) is 5.56 Å². The molecule has 1 fully saturated rings. The Morgan fingerprint density at radius 1 is 1.41 bits per heavy atom. The second kappa shape index (κ2) is 7.98. The monoisotopic (exact) mass is 324 g/mol. The van der Waals surface area contributed by atoms with Crippen LogP contribution in [0.25, 0.3) is 0 Å². The Morgan fingerprint density at radius 3 is 2.91 bits per heavy atom. The molecule has 0 bridgehead atoms. The van der Waals surface area contributed by atoms with Crippen molar-refractivity contribution in [2.24, 2.45) is 5.92 Å². The van der Waals surface area contributed by atoms with Crippen LogP contribution in [0.3, 0.4) is 0 Å². The minimum absolute atomic E-state index is 0.0145. The Kier molecular flexibility index (Phi) is 6.00. The number of carbonyl (C=O) groups is 2. The van der Waals surface area contributed by atoms with Gasteiger partial charge in [-0.25, -0.2) is 9.78 Å². The second-order valence-corrected chi connectivity index (χ2v) is 6.38. The molecule has 0 aromatic carbocycles. The summed E-state index contributed by atoms with van der Waals surface area (Å²) in [7, 11) is 0. The van der Waals surface area contributed by atoms with E-state index in [0.717, 1.165) is 31.0 Å². The number of hydrogen-bond acceptors (Lipinski definition) is 5. The Morgan fingerprint density at radius 2 is 2.18 bits per heavy atom. The highest BCUT2D eigenvalue weighted by molar-refractivity contribution is 7.99. The molecule has 120 valence electrons. The summed E-state index contributed by atoms with van der Waals surface area (Å²) >= 11 is 1.07. The van der Waals surface area contributed by atoms with E-state index >= 15 is 0 Å². The topological polar surface area (TPSA) is 104 Å². The smallest absolute Gasteiger partial charge is 0.321 e. The van der Waals surface area contributed by atoms with Gasteiger partial charge in [0.05, 0.1) is 5.75 Å². The molecule has 0 radical (unpaired) electrons. The number of urea groups is 1. The molecule has 0 spiro atoms. The number of aromatic nitrogens is 2. The summed E-state index contributed by atoms with van der Waals surface area (Å²) in [5.74, 6) is 0.0284. The maximum absolute atomic E-state index is 11.8. The van der Waals surface area contributed by atoms with Crippen LogP contribution in [0.15, 0.2) is 22.2 Å². The standard InChI is InChI=1S/C14H20N4O3S/c1-9-4-2-3-5-10(9)16-13(21)17-12(20)8-22-14-15-7-6-11(19)18-14/h6-7,9-10H,2-5,8H2,1H3,(H,15,18,19)(H2,16,17,20,21)/t9-,10-/m1/s1. The molecule has 0 unspecified atom stereocenters. The first-order valence-electron chi connectivity index (χ1n) is 7.33. The number of aromatic amines is 1. The van der Waals surface area contributed by atoms with Crippen molar-refractivity contribution in [2.45, 2.75) is 43.8 Å². The van der Waals surface area contributed by atoms with Crippen molar-refractivity contribution in [1.29, 1.82) is 0 Å². The highest BCUT2D eigenvalue weighted by atomic mass is 32.2. The summed E-state index contributed by atoms with van der Waals surface area (Å²) in [4.78, 5) is 41.0. The van der Waals surface area contributed by atoms with E-state index in [-0.39, 0.29) is 17.4 Å². The molecular formula is C14H20N4O3S. The largest absolute Gasteiger partial charge is 0.335 e. The number of nitrogens with zero attached hydrogens (tertiary/aromatic N) is 1. The molecule has 1 aliphatic carbocycles. The van der Waals surface area contributed by atoms with Gasteiger partial charge in [0.15, 0.2) is 5.16 Å². The van der Waals surface area contributed by atoms with Crippen molar-refractivity contribution < 1.29 is 9.59 Å². The summed E-state index contributed by atoms with van der Waals surface area (Å²) in [6.07, 6.45) is 5.72. The van der Waals surface area contributed by atoms with E-state index in [4.69, 9.17) is 0 Å². The van der Waals surface area contributed by atoms with Gasteiger partial charge in [0.1, 0.15) is 0 Å². The van der Waals surface area contributed by atoms with E-state index in [0.29, 0.717) is 11.1 Å². The second-order valence-electron chi connectivity index (χ2n) is 5.42. The molecule has 1 aromatic rings. The lowest BCUT2D eigenvalue weighted by atomic mass is 9.86. The normalized spacial score (nSPS) is 21.1. The molecule has 7 nitrogen and oxygen atoms in total. The van der Waals surface area contributed by atoms with Crippen molar-refractivity contribution in [3.8, 4) is 0 Å². The van der Waals surface area contributed by atoms with E-state index in [1.54, 1.807) is 0 Å². The highest BCUT2D eigenvalue weighted by Crippen LogP contribution is 2.23. The van der Waals surface area contributed by atoms with E-state index < -0.39 is 11.9 Å². The molecule has 2 rings (SSSR count). The number of rotatable bonds is 4. The fourth-order valence-corrected chi connectivity index (χ4v) is 3.11. The number of hydrogen-bond donors (Lipinski definition) is 3. The predicted octanol–water partition coefficient (Wildman–Crippen LogP) is 1.27.